The summed E-state index contributed by atoms with van der Waals surface area (Å²) in [6, 6.07) is 9.32. The van der Waals surface area contributed by atoms with Gasteiger partial charge in [-0.3, -0.25) is 9.59 Å². The number of aromatic amines is 2. The van der Waals surface area contributed by atoms with E-state index in [1.54, 1.807) is 29.3 Å². The van der Waals surface area contributed by atoms with Gasteiger partial charge in [0, 0.05) is 49.2 Å². The lowest BCUT2D eigenvalue weighted by molar-refractivity contribution is -0.136. The quantitative estimate of drug-likeness (QED) is 0.0919. The third kappa shape index (κ3) is 8.24. The largest absolute Gasteiger partial charge is 0.469 e. The molecule has 0 radical (unpaired) electrons. The first-order chi connectivity index (χ1) is 31.8. The van der Waals surface area contributed by atoms with Crippen LogP contribution in [0.3, 0.4) is 0 Å². The van der Waals surface area contributed by atoms with Crippen molar-refractivity contribution >= 4 is 34.9 Å². The number of fused-ring (bicyclic) bond motifs is 5. The summed E-state index contributed by atoms with van der Waals surface area (Å²) in [5.74, 6) is 0.919. The van der Waals surface area contributed by atoms with Gasteiger partial charge in [-0.1, -0.05) is 33.8 Å². The average molecular weight is 908 g/mol. The zero-order valence-corrected chi connectivity index (χ0v) is 38.4. The molecular weight excluding hydrogens is 850 g/mol. The Labute approximate surface area is 382 Å². The number of carbonyl (C=O) groups excluding carboxylic acids is 4. The summed E-state index contributed by atoms with van der Waals surface area (Å²) in [6.45, 7) is 9.16. The molecule has 4 N–H and O–H groups in total. The summed E-state index contributed by atoms with van der Waals surface area (Å²) in [4.78, 5) is 71.6. The van der Waals surface area contributed by atoms with E-state index in [4.69, 9.17) is 23.9 Å². The number of aromatic nitrogens is 5. The lowest BCUT2D eigenvalue weighted by atomic mass is 10.0. The highest BCUT2D eigenvalue weighted by Crippen LogP contribution is 2.54. The molecule has 4 aliphatic rings. The van der Waals surface area contributed by atoms with Crippen LogP contribution in [0.2, 0.25) is 0 Å². The minimum atomic E-state index is -0.766. The molecule has 4 amide bonds. The van der Waals surface area contributed by atoms with Gasteiger partial charge in [0.25, 0.3) is 0 Å². The van der Waals surface area contributed by atoms with Gasteiger partial charge in [0.2, 0.25) is 11.8 Å². The predicted molar refractivity (Wildman–Crippen MR) is 241 cm³/mol. The van der Waals surface area contributed by atoms with Gasteiger partial charge in [0.1, 0.15) is 35.3 Å². The number of benzene rings is 2. The Morgan fingerprint density at radius 2 is 1.38 bits per heavy atom. The summed E-state index contributed by atoms with van der Waals surface area (Å²) >= 11 is 0. The highest BCUT2D eigenvalue weighted by atomic mass is 19.1. The maximum atomic E-state index is 16.8. The maximum absolute atomic E-state index is 16.8. The Morgan fingerprint density at radius 1 is 0.803 bits per heavy atom. The Balaban J connectivity index is 1.01. The van der Waals surface area contributed by atoms with Crippen LogP contribution < -0.4 is 15.4 Å². The molecule has 0 spiro atoms. The van der Waals surface area contributed by atoms with Crippen molar-refractivity contribution in [3.63, 3.8) is 0 Å². The first-order valence-corrected chi connectivity index (χ1v) is 22.8. The van der Waals surface area contributed by atoms with Crippen molar-refractivity contribution in [3.8, 4) is 39.5 Å². The fourth-order valence-electron chi connectivity index (χ4n) is 10.1. The molecule has 3 unspecified atom stereocenters. The number of amides is 4. The second kappa shape index (κ2) is 18.1. The molecule has 2 saturated heterocycles. The number of carbonyl (C=O) groups is 4. The Morgan fingerprint density at radius 3 is 1.92 bits per heavy atom. The lowest BCUT2D eigenvalue weighted by Gasteiger charge is -2.31. The van der Waals surface area contributed by atoms with Gasteiger partial charge in [-0.2, -0.15) is 0 Å². The molecule has 2 aromatic carbocycles. The van der Waals surface area contributed by atoms with Crippen LogP contribution in [0.15, 0.2) is 48.8 Å². The molecule has 350 valence electrons. The van der Waals surface area contributed by atoms with E-state index in [2.05, 4.69) is 36.2 Å². The van der Waals surface area contributed by atoms with Crippen molar-refractivity contribution in [1.82, 2.24) is 44.9 Å². The number of methoxy groups -OCH3 is 3. The third-order valence-electron chi connectivity index (χ3n) is 13.7. The van der Waals surface area contributed by atoms with Crippen LogP contribution in [0.25, 0.3) is 44.7 Å². The summed E-state index contributed by atoms with van der Waals surface area (Å²) in [5, 5.41) is 6.28. The van der Waals surface area contributed by atoms with Crippen molar-refractivity contribution in [2.24, 2.45) is 23.7 Å². The number of hydrogen-bond donors (Lipinski definition) is 4. The molecule has 3 aliphatic heterocycles. The topological polar surface area (TPSA) is 198 Å². The summed E-state index contributed by atoms with van der Waals surface area (Å²) in [7, 11) is 4.24. The zero-order chi connectivity index (χ0) is 46.6. The van der Waals surface area contributed by atoms with Gasteiger partial charge in [-0.05, 0) is 80.2 Å². The molecule has 6 heterocycles. The normalized spacial score (nSPS) is 21.9. The number of nitrogens with zero attached hydrogens (tertiary/aromatic N) is 5. The van der Waals surface area contributed by atoms with Crippen molar-refractivity contribution < 1.29 is 42.5 Å². The number of alkyl carbamates (subject to hydrolysis) is 2. The van der Waals surface area contributed by atoms with Gasteiger partial charge in [-0.25, -0.2) is 23.9 Å². The van der Waals surface area contributed by atoms with Gasteiger partial charge in [-0.15, -0.1) is 0 Å². The van der Waals surface area contributed by atoms with E-state index in [1.807, 2.05) is 52.0 Å². The van der Waals surface area contributed by atoms with Crippen molar-refractivity contribution in [2.45, 2.75) is 90.2 Å². The van der Waals surface area contributed by atoms with E-state index in [-0.39, 0.29) is 47.6 Å². The van der Waals surface area contributed by atoms with Crippen LogP contribution in [-0.2, 0) is 23.8 Å². The molecule has 0 bridgehead atoms. The molecule has 18 heteroatoms. The minimum absolute atomic E-state index is 0.136. The number of likely N-dealkylation sites (tertiary alicyclic amines) is 2. The highest BCUT2D eigenvalue weighted by molar-refractivity contribution is 5.93. The molecular formula is C48H58FN9O8. The molecule has 3 aromatic heterocycles. The number of H-pyrrole nitrogens is 2. The Kier molecular flexibility index (Phi) is 12.3. The molecule has 17 nitrogen and oxygen atoms in total. The van der Waals surface area contributed by atoms with E-state index in [0.29, 0.717) is 66.0 Å². The number of imidazole rings is 2. The number of rotatable bonds is 13. The second-order valence-corrected chi connectivity index (χ2v) is 18.6. The first kappa shape index (κ1) is 44.8. The summed E-state index contributed by atoms with van der Waals surface area (Å²) in [5.41, 5.74) is 4.75. The first-order valence-electron chi connectivity index (χ1n) is 22.8. The van der Waals surface area contributed by atoms with Gasteiger partial charge in [0.05, 0.1) is 66.9 Å². The molecule has 3 fully saturated rings. The van der Waals surface area contributed by atoms with E-state index in [0.717, 1.165) is 47.8 Å². The van der Waals surface area contributed by atoms with E-state index < -0.39 is 36.3 Å². The molecule has 1 saturated carbocycles. The van der Waals surface area contributed by atoms with Crippen LogP contribution in [0.5, 0.6) is 5.75 Å². The molecule has 1 aliphatic carbocycles. The van der Waals surface area contributed by atoms with E-state index in [1.165, 1.54) is 20.3 Å². The van der Waals surface area contributed by atoms with Gasteiger partial charge in [0.15, 0.2) is 6.23 Å². The summed E-state index contributed by atoms with van der Waals surface area (Å²) in [6.07, 6.45) is 5.57. The van der Waals surface area contributed by atoms with Crippen molar-refractivity contribution in [1.29, 1.82) is 0 Å². The molecule has 9 rings (SSSR count). The Hall–Kier alpha value is -6.43. The maximum Gasteiger partial charge on any atom is 0.407 e. The minimum Gasteiger partial charge on any atom is -0.469 e. The Bertz CT molecular complexity index is 2660. The fourth-order valence-corrected chi connectivity index (χ4v) is 10.1. The summed E-state index contributed by atoms with van der Waals surface area (Å²) < 4.78 is 40.9. The number of hydrogen-bond acceptors (Lipinski definition) is 10. The number of nitrogens with one attached hydrogen (secondary N) is 4. The number of ether oxygens (including phenoxy) is 4. The SMILES string of the molecule is COCC1CC1C1Oc2cc(-c3cnc([C@@H]4CCCN4C(=O)[C@@H](NC(=O)OC)C(C)C)[nH]3)cc(F)c2-c2cc3cc(-c4cnc([C@@H]5CCCN5C(=O)[C@@H](NC(=O)OC)C(C)C)[nH]4)ccc3n21. The van der Waals surface area contributed by atoms with Gasteiger partial charge < -0.3 is 53.9 Å². The van der Waals surface area contributed by atoms with E-state index in [9.17, 15) is 19.2 Å². The zero-order valence-electron chi connectivity index (χ0n) is 38.4. The standard InChI is InChI=1S/C48H58FN9O8/c1-24(2)40(54-47(61)64-6)44(59)56-14-8-10-35(56)42-50-21-32(52-42)26-12-13-34-28(16-26)19-37-39-31(49)18-27(20-38(39)66-46(58(34)37)30-17-29(30)23-63-5)33-22-51-43(53-33)36-11-9-15-57(36)45(60)41(25(3)4)55-48(62)65-7/h12-13,16,18-22,24-25,29-30,35-36,40-41,46H,8-11,14-15,17,23H2,1-7H3,(H,50,52)(H,51,53)(H,54,61)(H,55,62)/t29?,30?,35-,36-,40-,41-,46?/m0/s1. The van der Waals surface area contributed by atoms with Crippen LogP contribution in [0, 0.1) is 29.5 Å². The van der Waals surface area contributed by atoms with Crippen LogP contribution >= 0.6 is 0 Å². The van der Waals surface area contributed by atoms with Crippen molar-refractivity contribution in [2.75, 3.05) is 41.0 Å². The highest BCUT2D eigenvalue weighted by Gasteiger charge is 2.48. The van der Waals surface area contributed by atoms with Gasteiger partial charge >= 0.3 is 12.2 Å². The molecule has 7 atom stereocenters. The predicted octanol–water partition coefficient (Wildman–Crippen LogP) is 7.49. The third-order valence-corrected chi connectivity index (χ3v) is 13.7. The molecule has 66 heavy (non-hydrogen) atoms. The van der Waals surface area contributed by atoms with Crippen molar-refractivity contribution in [3.05, 3.63) is 66.3 Å². The molecule has 5 aromatic rings. The number of halogens is 1. The smallest absolute Gasteiger partial charge is 0.407 e. The van der Waals surface area contributed by atoms with Crippen LogP contribution in [0.1, 0.15) is 89.8 Å². The average Bonchev–Trinajstić information content (AvgIpc) is 3.99. The van der Waals surface area contributed by atoms with Crippen LogP contribution in [-0.4, -0.2) is 111 Å². The monoisotopic (exact) mass is 907 g/mol. The fraction of sp³-hybridized carbons (Fsp3) is 0.500. The lowest BCUT2D eigenvalue weighted by Crippen LogP contribution is -2.51. The van der Waals surface area contributed by atoms with Crippen LogP contribution in [0.4, 0.5) is 14.0 Å². The van der Waals surface area contributed by atoms with E-state index >= 15 is 4.39 Å². The second-order valence-electron chi connectivity index (χ2n) is 18.6.